The van der Waals surface area contributed by atoms with Crippen LogP contribution in [0.2, 0.25) is 5.15 Å². The van der Waals surface area contributed by atoms with Crippen molar-refractivity contribution in [2.75, 3.05) is 23.7 Å². The van der Waals surface area contributed by atoms with Crippen LogP contribution in [0, 0.1) is 5.92 Å². The Labute approximate surface area is 141 Å². The number of nitrogens with two attached hydrogens (primary N) is 1. The summed E-state index contributed by atoms with van der Waals surface area (Å²) in [6.07, 6.45) is 7.57. The summed E-state index contributed by atoms with van der Waals surface area (Å²) in [5.74, 6) is 1.43. The Morgan fingerprint density at radius 3 is 2.52 bits per heavy atom. The van der Waals surface area contributed by atoms with Gasteiger partial charge in [-0.2, -0.15) is 4.98 Å². The van der Waals surface area contributed by atoms with E-state index in [0.29, 0.717) is 5.15 Å². The smallest absolute Gasteiger partial charge is 0.223 e. The molecule has 0 atom stereocenters. The zero-order valence-electron chi connectivity index (χ0n) is 13.3. The standard InChI is InChI=1S/C16H24ClN5O/c17-13-10-14(21-16(18)20-13)22-8-6-12(7-9-22)19-15(23)11-4-2-1-3-5-11/h10-12H,1-9H2,(H,19,23)(H2,18,20,21). The number of carbonyl (C=O) groups excluding carboxylic acids is 1. The van der Waals surface area contributed by atoms with Gasteiger partial charge in [-0.15, -0.1) is 0 Å². The molecule has 126 valence electrons. The molecule has 1 aliphatic heterocycles. The first-order valence-electron chi connectivity index (χ1n) is 8.47. The van der Waals surface area contributed by atoms with Crippen LogP contribution in [0.15, 0.2) is 6.07 Å². The van der Waals surface area contributed by atoms with Crippen LogP contribution < -0.4 is 16.0 Å². The lowest BCUT2D eigenvalue weighted by molar-refractivity contribution is -0.126. The number of hydrogen-bond donors (Lipinski definition) is 2. The van der Waals surface area contributed by atoms with Crippen molar-refractivity contribution in [1.82, 2.24) is 15.3 Å². The first-order chi connectivity index (χ1) is 11.1. The van der Waals surface area contributed by atoms with Gasteiger partial charge in [0.2, 0.25) is 11.9 Å². The summed E-state index contributed by atoms with van der Waals surface area (Å²) in [5.41, 5.74) is 5.65. The minimum Gasteiger partial charge on any atom is -0.368 e. The second-order valence-corrected chi connectivity index (χ2v) is 6.90. The number of nitrogens with one attached hydrogen (secondary N) is 1. The second-order valence-electron chi connectivity index (χ2n) is 6.51. The molecule has 0 radical (unpaired) electrons. The molecule has 0 unspecified atom stereocenters. The number of carbonyl (C=O) groups is 1. The monoisotopic (exact) mass is 337 g/mol. The van der Waals surface area contributed by atoms with Crippen LogP contribution in [0.3, 0.4) is 0 Å². The van der Waals surface area contributed by atoms with E-state index in [1.54, 1.807) is 6.07 Å². The number of hydrogen-bond acceptors (Lipinski definition) is 5. The van der Waals surface area contributed by atoms with Gasteiger partial charge < -0.3 is 16.0 Å². The van der Waals surface area contributed by atoms with Gasteiger partial charge in [-0.05, 0) is 25.7 Å². The van der Waals surface area contributed by atoms with Crippen molar-refractivity contribution in [2.24, 2.45) is 5.92 Å². The average molecular weight is 338 g/mol. The molecule has 1 aromatic rings. The molecule has 1 saturated carbocycles. The summed E-state index contributed by atoms with van der Waals surface area (Å²) in [4.78, 5) is 22.6. The number of nitrogen functional groups attached to an aromatic ring is 1. The van der Waals surface area contributed by atoms with Gasteiger partial charge in [0.05, 0.1) is 0 Å². The van der Waals surface area contributed by atoms with Gasteiger partial charge in [0.1, 0.15) is 11.0 Å². The van der Waals surface area contributed by atoms with Crippen LogP contribution >= 0.6 is 11.6 Å². The lowest BCUT2D eigenvalue weighted by Gasteiger charge is -2.34. The number of piperidine rings is 1. The molecule has 0 aromatic carbocycles. The van der Waals surface area contributed by atoms with E-state index in [9.17, 15) is 4.79 Å². The normalized spacial score (nSPS) is 20.5. The topological polar surface area (TPSA) is 84.1 Å². The maximum absolute atomic E-state index is 12.3. The molecule has 6 nitrogen and oxygen atoms in total. The molecule has 0 spiro atoms. The Morgan fingerprint density at radius 1 is 1.17 bits per heavy atom. The number of aromatic nitrogens is 2. The highest BCUT2D eigenvalue weighted by Gasteiger charge is 2.26. The Morgan fingerprint density at radius 2 is 1.87 bits per heavy atom. The predicted molar refractivity (Wildman–Crippen MR) is 91.4 cm³/mol. The van der Waals surface area contributed by atoms with Gasteiger partial charge in [0.15, 0.2) is 0 Å². The van der Waals surface area contributed by atoms with E-state index in [-0.39, 0.29) is 23.8 Å². The number of amides is 1. The minimum absolute atomic E-state index is 0.195. The zero-order valence-corrected chi connectivity index (χ0v) is 14.1. The fraction of sp³-hybridized carbons (Fsp3) is 0.688. The fourth-order valence-electron chi connectivity index (χ4n) is 3.52. The number of anilines is 2. The summed E-state index contributed by atoms with van der Waals surface area (Å²) in [6, 6.07) is 1.99. The summed E-state index contributed by atoms with van der Waals surface area (Å²) in [6.45, 7) is 1.67. The van der Waals surface area contributed by atoms with E-state index in [1.807, 2.05) is 0 Å². The van der Waals surface area contributed by atoms with E-state index in [4.69, 9.17) is 17.3 Å². The Kier molecular flexibility index (Phi) is 5.20. The maximum Gasteiger partial charge on any atom is 0.223 e. The molecule has 2 fully saturated rings. The van der Waals surface area contributed by atoms with Gasteiger partial charge in [0.25, 0.3) is 0 Å². The molecule has 1 aromatic heterocycles. The molecule has 2 heterocycles. The van der Waals surface area contributed by atoms with Crippen LogP contribution in [0.1, 0.15) is 44.9 Å². The van der Waals surface area contributed by atoms with Crippen LogP contribution in [0.25, 0.3) is 0 Å². The van der Waals surface area contributed by atoms with Crippen LogP contribution in [0.4, 0.5) is 11.8 Å². The lowest BCUT2D eigenvalue weighted by Crippen LogP contribution is -2.46. The Balaban J connectivity index is 1.51. The van der Waals surface area contributed by atoms with Crippen molar-refractivity contribution >= 4 is 29.3 Å². The number of nitrogens with zero attached hydrogens (tertiary/aromatic N) is 3. The maximum atomic E-state index is 12.3. The molecule has 3 N–H and O–H groups in total. The molecule has 1 aliphatic carbocycles. The highest BCUT2D eigenvalue weighted by molar-refractivity contribution is 6.29. The Bertz CT molecular complexity index is 533. The summed E-state index contributed by atoms with van der Waals surface area (Å²) in [7, 11) is 0. The van der Waals surface area contributed by atoms with E-state index in [0.717, 1.165) is 44.6 Å². The number of rotatable bonds is 3. The fourth-order valence-corrected chi connectivity index (χ4v) is 3.71. The largest absolute Gasteiger partial charge is 0.368 e. The van der Waals surface area contributed by atoms with Crippen molar-refractivity contribution in [3.05, 3.63) is 11.2 Å². The van der Waals surface area contributed by atoms with Crippen molar-refractivity contribution in [3.63, 3.8) is 0 Å². The molecular weight excluding hydrogens is 314 g/mol. The highest BCUT2D eigenvalue weighted by Crippen LogP contribution is 2.25. The lowest BCUT2D eigenvalue weighted by atomic mass is 9.88. The highest BCUT2D eigenvalue weighted by atomic mass is 35.5. The van der Waals surface area contributed by atoms with Crippen LogP contribution in [0.5, 0.6) is 0 Å². The van der Waals surface area contributed by atoms with Crippen LogP contribution in [-0.4, -0.2) is 35.0 Å². The first-order valence-corrected chi connectivity index (χ1v) is 8.85. The van der Waals surface area contributed by atoms with E-state index < -0.39 is 0 Å². The number of halogens is 1. The van der Waals surface area contributed by atoms with E-state index in [2.05, 4.69) is 20.2 Å². The van der Waals surface area contributed by atoms with Crippen LogP contribution in [-0.2, 0) is 4.79 Å². The SMILES string of the molecule is Nc1nc(Cl)cc(N2CCC(NC(=O)C3CCCCC3)CC2)n1. The van der Waals surface area contributed by atoms with Crippen molar-refractivity contribution in [3.8, 4) is 0 Å². The molecule has 7 heteroatoms. The summed E-state index contributed by atoms with van der Waals surface area (Å²) in [5, 5.41) is 3.60. The quantitative estimate of drug-likeness (QED) is 0.827. The van der Waals surface area contributed by atoms with Crippen molar-refractivity contribution in [2.45, 2.75) is 51.0 Å². The van der Waals surface area contributed by atoms with Crippen molar-refractivity contribution < 1.29 is 4.79 Å². The first kappa shape index (κ1) is 16.3. The van der Waals surface area contributed by atoms with E-state index >= 15 is 0 Å². The molecule has 2 aliphatic rings. The summed E-state index contributed by atoms with van der Waals surface area (Å²) >= 11 is 5.94. The van der Waals surface area contributed by atoms with Gasteiger partial charge in [-0.3, -0.25) is 4.79 Å². The third-order valence-corrected chi connectivity index (χ3v) is 5.03. The third kappa shape index (κ3) is 4.25. The van der Waals surface area contributed by atoms with Gasteiger partial charge in [-0.25, -0.2) is 4.98 Å². The van der Waals surface area contributed by atoms with Gasteiger partial charge >= 0.3 is 0 Å². The van der Waals surface area contributed by atoms with Gasteiger partial charge in [0, 0.05) is 31.1 Å². The molecular formula is C16H24ClN5O. The minimum atomic E-state index is 0.195. The summed E-state index contributed by atoms with van der Waals surface area (Å²) < 4.78 is 0. The molecule has 23 heavy (non-hydrogen) atoms. The predicted octanol–water partition coefficient (Wildman–Crippen LogP) is 2.38. The van der Waals surface area contributed by atoms with Crippen molar-refractivity contribution in [1.29, 1.82) is 0 Å². The molecule has 1 amide bonds. The average Bonchev–Trinajstić information content (AvgIpc) is 2.55. The molecule has 1 saturated heterocycles. The second kappa shape index (κ2) is 7.34. The zero-order chi connectivity index (χ0) is 16.2. The third-order valence-electron chi connectivity index (χ3n) is 4.84. The van der Waals surface area contributed by atoms with E-state index in [1.165, 1.54) is 19.3 Å². The van der Waals surface area contributed by atoms with Gasteiger partial charge in [-0.1, -0.05) is 30.9 Å². The molecule has 0 bridgehead atoms. The Hall–Kier alpha value is -1.56. The molecule has 3 rings (SSSR count).